The third-order valence-corrected chi connectivity index (χ3v) is 2.81. The van der Waals surface area contributed by atoms with Crippen LogP contribution in [0.5, 0.6) is 0 Å². The quantitative estimate of drug-likeness (QED) is 0.811. The van der Waals surface area contributed by atoms with Crippen molar-refractivity contribution in [1.29, 1.82) is 0 Å². The molecule has 0 aliphatic carbocycles. The van der Waals surface area contributed by atoms with Gasteiger partial charge in [0.2, 0.25) is 5.91 Å². The first-order valence-corrected chi connectivity index (χ1v) is 6.64. The van der Waals surface area contributed by atoms with Crippen LogP contribution in [0.2, 0.25) is 0 Å². The molecule has 1 amide bonds. The molecule has 1 aromatic rings. The molecule has 0 unspecified atom stereocenters. The van der Waals surface area contributed by atoms with Crippen LogP contribution in [0.15, 0.2) is 36.4 Å². The normalized spacial score (nSPS) is 12.4. The van der Waals surface area contributed by atoms with Crippen molar-refractivity contribution >= 4 is 18.0 Å². The molecule has 4 nitrogen and oxygen atoms in total. The van der Waals surface area contributed by atoms with Crippen molar-refractivity contribution in [2.75, 3.05) is 7.11 Å². The SMILES string of the molecule is COC(=O)[C@@H](C/C=C/c1ccccc1)NC(=O)C(C)C. The Morgan fingerprint density at radius 2 is 1.90 bits per heavy atom. The zero-order chi connectivity index (χ0) is 15.0. The molecule has 0 radical (unpaired) electrons. The summed E-state index contributed by atoms with van der Waals surface area (Å²) in [5, 5.41) is 2.69. The number of carbonyl (C=O) groups is 2. The van der Waals surface area contributed by atoms with Crippen LogP contribution in [-0.2, 0) is 14.3 Å². The van der Waals surface area contributed by atoms with Crippen LogP contribution in [0.4, 0.5) is 0 Å². The van der Waals surface area contributed by atoms with Crippen molar-refractivity contribution in [3.05, 3.63) is 42.0 Å². The predicted molar refractivity (Wildman–Crippen MR) is 78.9 cm³/mol. The number of hydrogen-bond donors (Lipinski definition) is 1. The van der Waals surface area contributed by atoms with Crippen molar-refractivity contribution < 1.29 is 14.3 Å². The molecule has 1 rings (SSSR count). The molecule has 108 valence electrons. The number of rotatable bonds is 6. The summed E-state index contributed by atoms with van der Waals surface area (Å²) in [4.78, 5) is 23.3. The van der Waals surface area contributed by atoms with Crippen LogP contribution in [0, 0.1) is 5.92 Å². The van der Waals surface area contributed by atoms with Crippen molar-refractivity contribution in [2.24, 2.45) is 5.92 Å². The number of amides is 1. The number of methoxy groups -OCH3 is 1. The Hall–Kier alpha value is -2.10. The van der Waals surface area contributed by atoms with E-state index in [4.69, 9.17) is 4.74 Å². The lowest BCUT2D eigenvalue weighted by molar-refractivity contribution is -0.145. The topological polar surface area (TPSA) is 55.4 Å². The summed E-state index contributed by atoms with van der Waals surface area (Å²) in [6, 6.07) is 9.12. The summed E-state index contributed by atoms with van der Waals surface area (Å²) < 4.78 is 4.71. The largest absolute Gasteiger partial charge is 0.467 e. The highest BCUT2D eigenvalue weighted by molar-refractivity contribution is 5.85. The fourth-order valence-electron chi connectivity index (χ4n) is 1.60. The highest BCUT2D eigenvalue weighted by Crippen LogP contribution is 2.05. The monoisotopic (exact) mass is 275 g/mol. The third-order valence-electron chi connectivity index (χ3n) is 2.81. The maximum absolute atomic E-state index is 11.7. The second-order valence-corrected chi connectivity index (χ2v) is 4.79. The van der Waals surface area contributed by atoms with Crippen molar-refractivity contribution in [2.45, 2.75) is 26.3 Å². The minimum absolute atomic E-state index is 0.159. The number of esters is 1. The molecular weight excluding hydrogens is 254 g/mol. The summed E-state index contributed by atoms with van der Waals surface area (Å²) in [6.45, 7) is 3.56. The van der Waals surface area contributed by atoms with Gasteiger partial charge in [0.1, 0.15) is 6.04 Å². The minimum Gasteiger partial charge on any atom is -0.467 e. The smallest absolute Gasteiger partial charge is 0.328 e. The average molecular weight is 275 g/mol. The van der Waals surface area contributed by atoms with Crippen molar-refractivity contribution in [1.82, 2.24) is 5.32 Å². The van der Waals surface area contributed by atoms with E-state index in [-0.39, 0.29) is 11.8 Å². The first kappa shape index (κ1) is 16.0. The second kappa shape index (κ2) is 8.15. The van der Waals surface area contributed by atoms with Crippen LogP contribution in [0.25, 0.3) is 6.08 Å². The van der Waals surface area contributed by atoms with Crippen LogP contribution in [0.3, 0.4) is 0 Å². The van der Waals surface area contributed by atoms with E-state index in [1.807, 2.05) is 42.5 Å². The van der Waals surface area contributed by atoms with Crippen molar-refractivity contribution in [3.8, 4) is 0 Å². The van der Waals surface area contributed by atoms with Gasteiger partial charge in [0.25, 0.3) is 0 Å². The maximum Gasteiger partial charge on any atom is 0.328 e. The molecule has 0 bridgehead atoms. The van der Waals surface area contributed by atoms with E-state index in [1.54, 1.807) is 13.8 Å². The summed E-state index contributed by atoms with van der Waals surface area (Å²) in [7, 11) is 1.32. The second-order valence-electron chi connectivity index (χ2n) is 4.79. The molecule has 0 aromatic heterocycles. The van der Waals surface area contributed by atoms with Gasteiger partial charge in [-0.1, -0.05) is 56.3 Å². The number of ether oxygens (including phenoxy) is 1. The molecule has 0 saturated heterocycles. The van der Waals surface area contributed by atoms with E-state index in [1.165, 1.54) is 7.11 Å². The Bertz CT molecular complexity index is 466. The standard InChI is InChI=1S/C16H21NO3/c1-12(2)15(18)17-14(16(19)20-3)11-7-10-13-8-5-4-6-9-13/h4-10,12,14H,11H2,1-3H3,(H,17,18)/b10-7+/t14-/m1/s1. The highest BCUT2D eigenvalue weighted by Gasteiger charge is 2.21. The van der Waals surface area contributed by atoms with Gasteiger partial charge < -0.3 is 10.1 Å². The zero-order valence-corrected chi connectivity index (χ0v) is 12.1. The van der Waals surface area contributed by atoms with Gasteiger partial charge in [-0.2, -0.15) is 0 Å². The molecule has 0 aliphatic rings. The molecule has 0 saturated carbocycles. The maximum atomic E-state index is 11.7. The third kappa shape index (κ3) is 5.26. The Morgan fingerprint density at radius 1 is 1.25 bits per heavy atom. The Morgan fingerprint density at radius 3 is 2.45 bits per heavy atom. The molecule has 0 heterocycles. The number of nitrogens with one attached hydrogen (secondary N) is 1. The average Bonchev–Trinajstić information content (AvgIpc) is 2.46. The van der Waals surface area contributed by atoms with Crippen molar-refractivity contribution in [3.63, 3.8) is 0 Å². The first-order valence-electron chi connectivity index (χ1n) is 6.64. The molecule has 1 aromatic carbocycles. The summed E-state index contributed by atoms with van der Waals surface area (Å²) in [5.41, 5.74) is 1.05. The van der Waals surface area contributed by atoms with E-state index < -0.39 is 12.0 Å². The number of carbonyl (C=O) groups excluding carboxylic acids is 2. The molecule has 20 heavy (non-hydrogen) atoms. The van der Waals surface area contributed by atoms with Gasteiger partial charge in [0, 0.05) is 5.92 Å². The van der Waals surface area contributed by atoms with E-state index in [2.05, 4.69) is 5.32 Å². The summed E-state index contributed by atoms with van der Waals surface area (Å²) in [6.07, 6.45) is 4.18. The summed E-state index contributed by atoms with van der Waals surface area (Å²) >= 11 is 0. The highest BCUT2D eigenvalue weighted by atomic mass is 16.5. The van der Waals surface area contributed by atoms with E-state index in [9.17, 15) is 9.59 Å². The Balaban J connectivity index is 2.63. The van der Waals surface area contributed by atoms with Gasteiger partial charge >= 0.3 is 5.97 Å². The Kier molecular flexibility index (Phi) is 6.50. The van der Waals surface area contributed by atoms with Gasteiger partial charge in [-0.15, -0.1) is 0 Å². The lowest BCUT2D eigenvalue weighted by Crippen LogP contribution is -2.42. The van der Waals surface area contributed by atoms with Gasteiger partial charge in [-0.05, 0) is 12.0 Å². The zero-order valence-electron chi connectivity index (χ0n) is 12.1. The Labute approximate surface area is 119 Å². The minimum atomic E-state index is -0.644. The first-order chi connectivity index (χ1) is 9.54. The van der Waals surface area contributed by atoms with E-state index in [0.29, 0.717) is 6.42 Å². The summed E-state index contributed by atoms with van der Waals surface area (Å²) in [5.74, 6) is -0.759. The van der Waals surface area contributed by atoms with Crippen LogP contribution < -0.4 is 5.32 Å². The van der Waals surface area contributed by atoms with Gasteiger partial charge in [0.15, 0.2) is 0 Å². The van der Waals surface area contributed by atoms with Gasteiger partial charge in [-0.25, -0.2) is 4.79 Å². The fourth-order valence-corrected chi connectivity index (χ4v) is 1.60. The van der Waals surface area contributed by atoms with Crippen LogP contribution in [-0.4, -0.2) is 25.0 Å². The molecule has 4 heteroatoms. The molecule has 0 aliphatic heterocycles. The van der Waals surface area contributed by atoms with Gasteiger partial charge in [-0.3, -0.25) is 4.79 Å². The molecule has 0 spiro atoms. The van der Waals surface area contributed by atoms with Crippen LogP contribution >= 0.6 is 0 Å². The van der Waals surface area contributed by atoms with E-state index in [0.717, 1.165) is 5.56 Å². The van der Waals surface area contributed by atoms with E-state index >= 15 is 0 Å². The molecule has 1 atom stereocenters. The van der Waals surface area contributed by atoms with Crippen LogP contribution in [0.1, 0.15) is 25.8 Å². The fraction of sp³-hybridized carbons (Fsp3) is 0.375. The van der Waals surface area contributed by atoms with Gasteiger partial charge in [0.05, 0.1) is 7.11 Å². The number of benzene rings is 1. The molecular formula is C16H21NO3. The predicted octanol–water partition coefficient (Wildman–Crippen LogP) is 2.40. The molecule has 1 N–H and O–H groups in total. The lowest BCUT2D eigenvalue weighted by atomic mass is 10.1. The number of hydrogen-bond acceptors (Lipinski definition) is 3. The lowest BCUT2D eigenvalue weighted by Gasteiger charge is -2.16. The molecule has 0 fully saturated rings.